The predicted octanol–water partition coefficient (Wildman–Crippen LogP) is 2.54. The van der Waals surface area contributed by atoms with E-state index >= 15 is 0 Å². The summed E-state index contributed by atoms with van der Waals surface area (Å²) in [6, 6.07) is 7.07. The molecule has 0 aromatic heterocycles. The molecule has 0 aliphatic heterocycles. The van der Waals surface area contributed by atoms with E-state index in [0.717, 1.165) is 18.6 Å². The van der Waals surface area contributed by atoms with Crippen molar-refractivity contribution in [1.82, 2.24) is 4.90 Å². The maximum atomic E-state index is 5.39. The van der Waals surface area contributed by atoms with Crippen molar-refractivity contribution >= 4 is 12.4 Å². The Morgan fingerprint density at radius 3 is 2.69 bits per heavy atom. The molecule has 90 valence electrons. The molecule has 0 amide bonds. The van der Waals surface area contributed by atoms with Gasteiger partial charge in [-0.05, 0) is 50.6 Å². The first-order chi connectivity index (χ1) is 7.22. The minimum Gasteiger partial charge on any atom is -0.496 e. The number of rotatable bonds is 2. The number of benzene rings is 1. The number of hydrogen-bond acceptors (Lipinski definition) is 2. The fourth-order valence-corrected chi connectivity index (χ4v) is 2.38. The van der Waals surface area contributed by atoms with Crippen LogP contribution in [0.5, 0.6) is 5.75 Å². The minimum absolute atomic E-state index is 0. The Morgan fingerprint density at radius 1 is 1.31 bits per heavy atom. The van der Waals surface area contributed by atoms with Gasteiger partial charge >= 0.3 is 0 Å². The molecular weight excluding hydrogens is 222 g/mol. The number of ether oxygens (including phenoxy) is 1. The van der Waals surface area contributed by atoms with Gasteiger partial charge < -0.3 is 9.64 Å². The molecule has 3 heteroatoms. The topological polar surface area (TPSA) is 12.5 Å². The molecule has 0 saturated carbocycles. The number of likely N-dealkylation sites (N-methyl/N-ethyl adjacent to an activating group) is 1. The van der Waals surface area contributed by atoms with Crippen LogP contribution in [-0.4, -0.2) is 32.1 Å². The third-order valence-corrected chi connectivity index (χ3v) is 3.36. The van der Waals surface area contributed by atoms with Gasteiger partial charge in [-0.1, -0.05) is 12.1 Å². The molecule has 0 saturated heterocycles. The van der Waals surface area contributed by atoms with E-state index in [4.69, 9.17) is 4.74 Å². The monoisotopic (exact) mass is 241 g/mol. The second-order valence-corrected chi connectivity index (χ2v) is 4.46. The van der Waals surface area contributed by atoms with Crippen LogP contribution in [0.4, 0.5) is 0 Å². The summed E-state index contributed by atoms with van der Waals surface area (Å²) in [4.78, 5) is 2.32. The normalized spacial score (nSPS) is 18.9. The van der Waals surface area contributed by atoms with Crippen LogP contribution in [0.15, 0.2) is 18.2 Å². The molecule has 0 fully saturated rings. The van der Waals surface area contributed by atoms with Gasteiger partial charge in [0, 0.05) is 6.04 Å². The van der Waals surface area contributed by atoms with Gasteiger partial charge in [0.15, 0.2) is 0 Å². The Hall–Kier alpha value is -0.730. The molecule has 1 aromatic rings. The quantitative estimate of drug-likeness (QED) is 0.789. The first kappa shape index (κ1) is 13.3. The maximum Gasteiger partial charge on any atom is 0.122 e. The Bertz CT molecular complexity index is 352. The van der Waals surface area contributed by atoms with Gasteiger partial charge in [-0.3, -0.25) is 0 Å². The zero-order valence-corrected chi connectivity index (χ0v) is 11.0. The zero-order chi connectivity index (χ0) is 10.8. The van der Waals surface area contributed by atoms with Crippen molar-refractivity contribution in [2.75, 3.05) is 21.2 Å². The van der Waals surface area contributed by atoms with Crippen molar-refractivity contribution in [3.63, 3.8) is 0 Å². The van der Waals surface area contributed by atoms with Crippen LogP contribution >= 0.6 is 12.4 Å². The second-order valence-electron chi connectivity index (χ2n) is 4.46. The van der Waals surface area contributed by atoms with Crippen LogP contribution in [-0.2, 0) is 12.8 Å². The molecule has 1 aromatic carbocycles. The summed E-state index contributed by atoms with van der Waals surface area (Å²) in [6.07, 6.45) is 3.53. The van der Waals surface area contributed by atoms with E-state index in [2.05, 4.69) is 37.2 Å². The number of halogens is 1. The van der Waals surface area contributed by atoms with E-state index in [0.29, 0.717) is 6.04 Å². The van der Waals surface area contributed by atoms with Crippen molar-refractivity contribution < 1.29 is 4.74 Å². The lowest BCUT2D eigenvalue weighted by Gasteiger charge is -2.30. The van der Waals surface area contributed by atoms with E-state index < -0.39 is 0 Å². The van der Waals surface area contributed by atoms with Crippen LogP contribution in [0, 0.1) is 0 Å². The molecule has 1 aliphatic carbocycles. The Morgan fingerprint density at radius 2 is 2.06 bits per heavy atom. The Balaban J connectivity index is 0.00000128. The molecule has 2 rings (SSSR count). The van der Waals surface area contributed by atoms with E-state index in [1.54, 1.807) is 7.11 Å². The molecule has 1 unspecified atom stereocenters. The average Bonchev–Trinajstić information content (AvgIpc) is 2.27. The Kier molecular flexibility index (Phi) is 4.63. The van der Waals surface area contributed by atoms with E-state index in [1.165, 1.54) is 17.5 Å². The molecule has 0 radical (unpaired) electrons. The minimum atomic E-state index is 0. The highest BCUT2D eigenvalue weighted by atomic mass is 35.5. The summed E-state index contributed by atoms with van der Waals surface area (Å²) in [5.41, 5.74) is 2.87. The second kappa shape index (κ2) is 5.55. The van der Waals surface area contributed by atoms with Gasteiger partial charge in [0.25, 0.3) is 0 Å². The van der Waals surface area contributed by atoms with Crippen molar-refractivity contribution in [2.45, 2.75) is 25.3 Å². The lowest BCUT2D eigenvalue weighted by atomic mass is 9.87. The molecule has 0 bridgehead atoms. The SMILES string of the molecule is COc1cccc2c1CCC(N(C)C)C2.Cl. The highest BCUT2D eigenvalue weighted by molar-refractivity contribution is 5.85. The molecule has 0 heterocycles. The number of methoxy groups -OCH3 is 1. The summed E-state index contributed by atoms with van der Waals surface area (Å²) < 4.78 is 5.39. The fourth-order valence-electron chi connectivity index (χ4n) is 2.38. The summed E-state index contributed by atoms with van der Waals surface area (Å²) in [6.45, 7) is 0. The average molecular weight is 242 g/mol. The largest absolute Gasteiger partial charge is 0.496 e. The van der Waals surface area contributed by atoms with E-state index in [-0.39, 0.29) is 12.4 Å². The van der Waals surface area contributed by atoms with E-state index in [1.807, 2.05) is 0 Å². The highest BCUT2D eigenvalue weighted by Gasteiger charge is 2.21. The summed E-state index contributed by atoms with van der Waals surface area (Å²) in [5.74, 6) is 1.06. The lowest BCUT2D eigenvalue weighted by Crippen LogP contribution is -2.33. The van der Waals surface area contributed by atoms with Gasteiger partial charge in [0.2, 0.25) is 0 Å². The van der Waals surface area contributed by atoms with Crippen molar-refractivity contribution in [2.24, 2.45) is 0 Å². The van der Waals surface area contributed by atoms with Gasteiger partial charge in [0.05, 0.1) is 7.11 Å². The standard InChI is InChI=1S/C13H19NO.ClH/c1-14(2)11-7-8-12-10(9-11)5-4-6-13(12)15-3;/h4-6,11H,7-9H2,1-3H3;1H. The van der Waals surface area contributed by atoms with E-state index in [9.17, 15) is 0 Å². The molecule has 16 heavy (non-hydrogen) atoms. The lowest BCUT2D eigenvalue weighted by molar-refractivity contribution is 0.266. The molecule has 1 atom stereocenters. The molecular formula is C13H20ClNO. The van der Waals surface area contributed by atoms with Gasteiger partial charge in [-0.15, -0.1) is 12.4 Å². The fraction of sp³-hybridized carbons (Fsp3) is 0.538. The third kappa shape index (κ3) is 2.50. The third-order valence-electron chi connectivity index (χ3n) is 3.36. The van der Waals surface area contributed by atoms with Gasteiger partial charge in [0.1, 0.15) is 5.75 Å². The zero-order valence-electron chi connectivity index (χ0n) is 10.2. The number of nitrogens with zero attached hydrogens (tertiary/aromatic N) is 1. The smallest absolute Gasteiger partial charge is 0.122 e. The van der Waals surface area contributed by atoms with Crippen LogP contribution in [0.25, 0.3) is 0 Å². The van der Waals surface area contributed by atoms with Crippen molar-refractivity contribution in [1.29, 1.82) is 0 Å². The van der Waals surface area contributed by atoms with Crippen LogP contribution in [0.1, 0.15) is 17.5 Å². The number of hydrogen-bond donors (Lipinski definition) is 0. The highest BCUT2D eigenvalue weighted by Crippen LogP contribution is 2.30. The molecule has 1 aliphatic rings. The van der Waals surface area contributed by atoms with Gasteiger partial charge in [-0.2, -0.15) is 0 Å². The molecule has 2 nitrogen and oxygen atoms in total. The van der Waals surface area contributed by atoms with Crippen LogP contribution in [0.2, 0.25) is 0 Å². The maximum absolute atomic E-state index is 5.39. The summed E-state index contributed by atoms with van der Waals surface area (Å²) in [7, 11) is 6.08. The molecule has 0 N–H and O–H groups in total. The van der Waals surface area contributed by atoms with Crippen molar-refractivity contribution in [3.05, 3.63) is 29.3 Å². The van der Waals surface area contributed by atoms with Gasteiger partial charge in [-0.25, -0.2) is 0 Å². The summed E-state index contributed by atoms with van der Waals surface area (Å²) >= 11 is 0. The Labute approximate surface area is 104 Å². The van der Waals surface area contributed by atoms with Crippen molar-refractivity contribution in [3.8, 4) is 5.75 Å². The summed E-state index contributed by atoms with van der Waals surface area (Å²) in [5, 5.41) is 0. The van der Waals surface area contributed by atoms with Crippen LogP contribution < -0.4 is 4.74 Å². The number of fused-ring (bicyclic) bond motifs is 1. The van der Waals surface area contributed by atoms with Crippen LogP contribution in [0.3, 0.4) is 0 Å². The first-order valence-electron chi connectivity index (χ1n) is 5.53. The molecule has 0 spiro atoms. The first-order valence-corrected chi connectivity index (χ1v) is 5.53. The predicted molar refractivity (Wildman–Crippen MR) is 69.7 cm³/mol.